The van der Waals surface area contributed by atoms with Crippen molar-refractivity contribution in [2.45, 2.75) is 6.92 Å². The quantitative estimate of drug-likeness (QED) is 0.575. The summed E-state index contributed by atoms with van der Waals surface area (Å²) in [7, 11) is 3.24. The second-order valence-electron chi connectivity index (χ2n) is 2.65. The molecule has 0 bridgehead atoms. The van der Waals surface area contributed by atoms with Gasteiger partial charge in [0.05, 0.1) is 19.7 Å². The van der Waals surface area contributed by atoms with Gasteiger partial charge in [0.1, 0.15) is 0 Å². The Morgan fingerprint density at radius 3 is 2.46 bits per heavy atom. The van der Waals surface area contributed by atoms with E-state index in [0.29, 0.717) is 6.61 Å². The Labute approximate surface area is 78.0 Å². The van der Waals surface area contributed by atoms with Crippen LogP contribution in [0.2, 0.25) is 0 Å². The van der Waals surface area contributed by atoms with E-state index in [-0.39, 0.29) is 25.0 Å². The van der Waals surface area contributed by atoms with Gasteiger partial charge in [-0.2, -0.15) is 0 Å². The lowest BCUT2D eigenvalue weighted by atomic mass is 10.5. The summed E-state index contributed by atoms with van der Waals surface area (Å²) < 4.78 is 4.72. The largest absolute Gasteiger partial charge is 0.465 e. The van der Waals surface area contributed by atoms with Crippen LogP contribution in [-0.2, 0) is 14.3 Å². The van der Waals surface area contributed by atoms with Crippen molar-refractivity contribution < 1.29 is 14.3 Å². The minimum absolute atomic E-state index is 0.119. The van der Waals surface area contributed by atoms with Gasteiger partial charge in [-0.1, -0.05) is 0 Å². The van der Waals surface area contributed by atoms with Crippen LogP contribution in [-0.4, -0.2) is 50.6 Å². The average Bonchev–Trinajstić information content (AvgIpc) is 2.04. The standard InChI is InChI=1S/C8H16N2O3/c1-4-13-8(12)6-10(3)5-7(11)9-2/h4-6H2,1-3H3,(H,9,11). The molecule has 0 unspecified atom stereocenters. The van der Waals surface area contributed by atoms with E-state index in [4.69, 9.17) is 4.74 Å². The molecule has 0 fully saturated rings. The Hall–Kier alpha value is -1.10. The zero-order valence-corrected chi connectivity index (χ0v) is 8.29. The molecule has 0 aromatic heterocycles. The number of amides is 1. The second-order valence-corrected chi connectivity index (χ2v) is 2.65. The third-order valence-corrected chi connectivity index (χ3v) is 1.40. The monoisotopic (exact) mass is 188 g/mol. The Morgan fingerprint density at radius 1 is 1.38 bits per heavy atom. The van der Waals surface area contributed by atoms with Crippen LogP contribution in [0.4, 0.5) is 0 Å². The van der Waals surface area contributed by atoms with E-state index in [9.17, 15) is 9.59 Å². The van der Waals surface area contributed by atoms with Gasteiger partial charge >= 0.3 is 5.97 Å². The molecule has 0 aliphatic carbocycles. The summed E-state index contributed by atoms with van der Waals surface area (Å²) >= 11 is 0. The first-order valence-electron chi connectivity index (χ1n) is 4.14. The third kappa shape index (κ3) is 6.10. The summed E-state index contributed by atoms with van der Waals surface area (Å²) in [4.78, 5) is 23.4. The summed E-state index contributed by atoms with van der Waals surface area (Å²) in [5, 5.41) is 2.47. The number of nitrogens with zero attached hydrogens (tertiary/aromatic N) is 1. The van der Waals surface area contributed by atoms with Crippen molar-refractivity contribution in [3.05, 3.63) is 0 Å². The number of nitrogens with one attached hydrogen (secondary N) is 1. The van der Waals surface area contributed by atoms with Crippen LogP contribution in [0.3, 0.4) is 0 Å². The number of likely N-dealkylation sites (N-methyl/N-ethyl adjacent to an activating group) is 2. The Bertz CT molecular complexity index is 182. The number of hydrogen-bond acceptors (Lipinski definition) is 4. The molecule has 5 heteroatoms. The lowest BCUT2D eigenvalue weighted by molar-refractivity contribution is -0.144. The maximum atomic E-state index is 10.9. The van der Waals surface area contributed by atoms with Crippen molar-refractivity contribution >= 4 is 11.9 Å². The molecule has 0 saturated carbocycles. The lowest BCUT2D eigenvalue weighted by Crippen LogP contribution is -2.36. The highest BCUT2D eigenvalue weighted by Crippen LogP contribution is 1.85. The first-order chi connectivity index (χ1) is 6.10. The molecule has 0 radical (unpaired) electrons. The van der Waals surface area contributed by atoms with Crippen LogP contribution in [0.1, 0.15) is 6.92 Å². The first kappa shape index (κ1) is 11.9. The highest BCUT2D eigenvalue weighted by Gasteiger charge is 2.09. The number of esters is 1. The highest BCUT2D eigenvalue weighted by molar-refractivity contribution is 5.78. The van der Waals surface area contributed by atoms with E-state index in [1.165, 1.54) is 0 Å². The summed E-state index contributed by atoms with van der Waals surface area (Å²) in [5.74, 6) is -0.430. The molecule has 1 amide bonds. The Balaban J connectivity index is 3.67. The van der Waals surface area contributed by atoms with Gasteiger partial charge in [0.15, 0.2) is 0 Å². The average molecular weight is 188 g/mol. The third-order valence-electron chi connectivity index (χ3n) is 1.40. The van der Waals surface area contributed by atoms with Gasteiger partial charge in [-0.15, -0.1) is 0 Å². The molecule has 5 nitrogen and oxygen atoms in total. The van der Waals surface area contributed by atoms with E-state index in [0.717, 1.165) is 0 Å². The van der Waals surface area contributed by atoms with Crippen LogP contribution in [0, 0.1) is 0 Å². The SMILES string of the molecule is CCOC(=O)CN(C)CC(=O)NC. The number of carbonyl (C=O) groups is 2. The van der Waals surface area contributed by atoms with E-state index in [2.05, 4.69) is 5.32 Å². The van der Waals surface area contributed by atoms with Crippen molar-refractivity contribution in [2.24, 2.45) is 0 Å². The fourth-order valence-electron chi connectivity index (χ4n) is 0.807. The molecule has 0 aromatic rings. The number of hydrogen-bond donors (Lipinski definition) is 1. The van der Waals surface area contributed by atoms with Crippen molar-refractivity contribution in [2.75, 3.05) is 33.8 Å². The predicted octanol–water partition coefficient (Wildman–Crippen LogP) is -0.773. The molecule has 0 heterocycles. The fraction of sp³-hybridized carbons (Fsp3) is 0.750. The van der Waals surface area contributed by atoms with Gasteiger partial charge in [0, 0.05) is 7.05 Å². The number of rotatable bonds is 5. The maximum absolute atomic E-state index is 10.9. The topological polar surface area (TPSA) is 58.6 Å². The van der Waals surface area contributed by atoms with Gasteiger partial charge in [-0.25, -0.2) is 0 Å². The zero-order valence-electron chi connectivity index (χ0n) is 8.29. The minimum Gasteiger partial charge on any atom is -0.465 e. The van der Waals surface area contributed by atoms with Gasteiger partial charge in [0.25, 0.3) is 0 Å². The van der Waals surface area contributed by atoms with E-state index < -0.39 is 0 Å². The summed E-state index contributed by atoms with van der Waals surface area (Å²) in [6.45, 7) is 2.46. The van der Waals surface area contributed by atoms with Crippen molar-refractivity contribution in [3.8, 4) is 0 Å². The molecule has 0 atom stereocenters. The molecule has 0 rings (SSSR count). The molecule has 76 valence electrons. The number of carbonyl (C=O) groups excluding carboxylic acids is 2. The molecular formula is C8H16N2O3. The van der Waals surface area contributed by atoms with Crippen LogP contribution >= 0.6 is 0 Å². The van der Waals surface area contributed by atoms with Gasteiger partial charge < -0.3 is 10.1 Å². The molecule has 0 saturated heterocycles. The fourth-order valence-corrected chi connectivity index (χ4v) is 0.807. The molecule has 0 aliphatic heterocycles. The highest BCUT2D eigenvalue weighted by atomic mass is 16.5. The van der Waals surface area contributed by atoms with Crippen molar-refractivity contribution in [3.63, 3.8) is 0 Å². The van der Waals surface area contributed by atoms with Crippen LogP contribution < -0.4 is 5.32 Å². The smallest absolute Gasteiger partial charge is 0.320 e. The zero-order chi connectivity index (χ0) is 10.3. The van der Waals surface area contributed by atoms with E-state index >= 15 is 0 Å². The molecule has 0 spiro atoms. The second kappa shape index (κ2) is 6.42. The Kier molecular flexibility index (Phi) is 5.88. The normalized spacial score (nSPS) is 9.85. The molecular weight excluding hydrogens is 172 g/mol. The van der Waals surface area contributed by atoms with Crippen LogP contribution in [0.5, 0.6) is 0 Å². The molecule has 0 aliphatic rings. The van der Waals surface area contributed by atoms with Crippen molar-refractivity contribution in [1.29, 1.82) is 0 Å². The summed E-state index contributed by atoms with van der Waals surface area (Å²) in [5.41, 5.74) is 0. The van der Waals surface area contributed by atoms with Gasteiger partial charge in [-0.3, -0.25) is 14.5 Å². The van der Waals surface area contributed by atoms with E-state index in [1.807, 2.05) is 0 Å². The predicted molar refractivity (Wildman–Crippen MR) is 48.2 cm³/mol. The minimum atomic E-state index is -0.311. The first-order valence-corrected chi connectivity index (χ1v) is 4.14. The van der Waals surface area contributed by atoms with Gasteiger partial charge in [0.2, 0.25) is 5.91 Å². The molecule has 0 aromatic carbocycles. The van der Waals surface area contributed by atoms with E-state index in [1.54, 1.807) is 25.9 Å². The van der Waals surface area contributed by atoms with Crippen molar-refractivity contribution in [1.82, 2.24) is 10.2 Å². The Morgan fingerprint density at radius 2 is 2.00 bits per heavy atom. The number of ether oxygens (including phenoxy) is 1. The molecule has 13 heavy (non-hydrogen) atoms. The lowest BCUT2D eigenvalue weighted by Gasteiger charge is -2.13. The summed E-state index contributed by atoms with van der Waals surface area (Å²) in [6.07, 6.45) is 0. The summed E-state index contributed by atoms with van der Waals surface area (Å²) in [6, 6.07) is 0. The van der Waals surface area contributed by atoms with Crippen LogP contribution in [0.15, 0.2) is 0 Å². The molecule has 1 N–H and O–H groups in total. The van der Waals surface area contributed by atoms with Crippen LogP contribution in [0.25, 0.3) is 0 Å². The maximum Gasteiger partial charge on any atom is 0.320 e. The van der Waals surface area contributed by atoms with Gasteiger partial charge in [-0.05, 0) is 14.0 Å².